The summed E-state index contributed by atoms with van der Waals surface area (Å²) < 4.78 is 19.5. The quantitative estimate of drug-likeness (QED) is 0.894. The largest absolute Gasteiger partial charge is 0.457 e. The Morgan fingerprint density at radius 2 is 1.89 bits per heavy atom. The third-order valence-electron chi connectivity index (χ3n) is 3.00. The lowest BCUT2D eigenvalue weighted by Crippen LogP contribution is -2.08. The van der Waals surface area contributed by atoms with Crippen molar-refractivity contribution in [3.8, 4) is 11.5 Å². The molecule has 0 fully saturated rings. The van der Waals surface area contributed by atoms with Gasteiger partial charge in [-0.1, -0.05) is 12.1 Å². The minimum Gasteiger partial charge on any atom is -0.457 e. The molecule has 2 aromatic carbocycles. The fraction of sp³-hybridized carbons (Fsp3) is 0.250. The lowest BCUT2D eigenvalue weighted by atomic mass is 10.0. The van der Waals surface area contributed by atoms with Gasteiger partial charge < -0.3 is 10.5 Å². The van der Waals surface area contributed by atoms with Crippen LogP contribution < -0.4 is 10.5 Å². The van der Waals surface area contributed by atoms with E-state index in [1.807, 2.05) is 38.1 Å². The molecule has 1 unspecified atom stereocenters. The van der Waals surface area contributed by atoms with E-state index in [0.717, 1.165) is 11.3 Å². The van der Waals surface area contributed by atoms with Crippen LogP contribution in [0.2, 0.25) is 0 Å². The third kappa shape index (κ3) is 3.12. The zero-order valence-electron chi connectivity index (χ0n) is 11.4. The summed E-state index contributed by atoms with van der Waals surface area (Å²) in [6, 6.07) is 10.6. The first kappa shape index (κ1) is 13.6. The Bertz CT molecular complexity index is 593. The lowest BCUT2D eigenvalue weighted by Gasteiger charge is -2.15. The van der Waals surface area contributed by atoms with Crippen LogP contribution in [-0.4, -0.2) is 0 Å². The van der Waals surface area contributed by atoms with Crippen LogP contribution in [0.3, 0.4) is 0 Å². The highest BCUT2D eigenvalue weighted by Gasteiger charge is 2.13. The van der Waals surface area contributed by atoms with Gasteiger partial charge in [-0.3, -0.25) is 0 Å². The monoisotopic (exact) mass is 259 g/mol. The van der Waals surface area contributed by atoms with Gasteiger partial charge in [-0.05, 0) is 56.2 Å². The third-order valence-corrected chi connectivity index (χ3v) is 3.00. The molecule has 0 saturated heterocycles. The van der Waals surface area contributed by atoms with Crippen molar-refractivity contribution in [3.63, 3.8) is 0 Å². The second-order valence-corrected chi connectivity index (χ2v) is 4.85. The minimum atomic E-state index is -0.282. The van der Waals surface area contributed by atoms with E-state index in [2.05, 4.69) is 0 Å². The Morgan fingerprint density at radius 1 is 1.16 bits per heavy atom. The number of benzene rings is 2. The predicted molar refractivity (Wildman–Crippen MR) is 75.0 cm³/mol. The van der Waals surface area contributed by atoms with E-state index in [-0.39, 0.29) is 11.9 Å². The molecule has 0 radical (unpaired) electrons. The number of rotatable bonds is 3. The summed E-state index contributed by atoms with van der Waals surface area (Å²) in [6.45, 7) is 5.52. The molecular formula is C16H18FNO. The van der Waals surface area contributed by atoms with Crippen LogP contribution in [0.4, 0.5) is 4.39 Å². The van der Waals surface area contributed by atoms with Crippen LogP contribution in [0.5, 0.6) is 11.5 Å². The highest BCUT2D eigenvalue weighted by atomic mass is 19.1. The van der Waals surface area contributed by atoms with Gasteiger partial charge in [0.25, 0.3) is 0 Å². The molecule has 2 N–H and O–H groups in total. The van der Waals surface area contributed by atoms with E-state index in [1.165, 1.54) is 6.07 Å². The SMILES string of the molecule is Cc1cccc(Oc2cc(C)c(F)cc2C(C)N)c1. The molecule has 1 atom stereocenters. The van der Waals surface area contributed by atoms with E-state index >= 15 is 0 Å². The molecule has 0 aliphatic rings. The minimum absolute atomic E-state index is 0.260. The molecule has 2 aromatic rings. The van der Waals surface area contributed by atoms with Crippen molar-refractivity contribution in [2.45, 2.75) is 26.8 Å². The van der Waals surface area contributed by atoms with Gasteiger partial charge in [-0.2, -0.15) is 0 Å². The summed E-state index contributed by atoms with van der Waals surface area (Å²) in [5.74, 6) is 1.08. The van der Waals surface area contributed by atoms with Crippen molar-refractivity contribution >= 4 is 0 Å². The van der Waals surface area contributed by atoms with Crippen LogP contribution in [-0.2, 0) is 0 Å². The highest BCUT2D eigenvalue weighted by Crippen LogP contribution is 2.31. The Kier molecular flexibility index (Phi) is 3.86. The molecule has 3 heteroatoms. The Labute approximate surface area is 113 Å². The first-order chi connectivity index (χ1) is 8.97. The van der Waals surface area contributed by atoms with Crippen molar-refractivity contribution in [3.05, 3.63) is 58.9 Å². The molecule has 0 spiro atoms. The van der Waals surface area contributed by atoms with Gasteiger partial charge in [-0.15, -0.1) is 0 Å². The molecule has 0 heterocycles. The average Bonchev–Trinajstić information content (AvgIpc) is 2.33. The second kappa shape index (κ2) is 5.41. The van der Waals surface area contributed by atoms with Crippen LogP contribution >= 0.6 is 0 Å². The fourth-order valence-corrected chi connectivity index (χ4v) is 1.92. The standard InChI is InChI=1S/C16H18FNO/c1-10-5-4-6-13(7-10)19-16-8-11(2)15(17)9-14(16)12(3)18/h4-9,12H,18H2,1-3H3. The van der Waals surface area contributed by atoms with Gasteiger partial charge >= 0.3 is 0 Å². The maximum Gasteiger partial charge on any atom is 0.132 e. The molecule has 2 nitrogen and oxygen atoms in total. The van der Waals surface area contributed by atoms with Crippen molar-refractivity contribution in [1.29, 1.82) is 0 Å². The van der Waals surface area contributed by atoms with Crippen molar-refractivity contribution in [2.75, 3.05) is 0 Å². The van der Waals surface area contributed by atoms with Gasteiger partial charge in [0, 0.05) is 11.6 Å². The van der Waals surface area contributed by atoms with Crippen LogP contribution in [0.15, 0.2) is 36.4 Å². The molecular weight excluding hydrogens is 241 g/mol. The molecule has 19 heavy (non-hydrogen) atoms. The summed E-state index contributed by atoms with van der Waals surface area (Å²) in [6.07, 6.45) is 0. The second-order valence-electron chi connectivity index (χ2n) is 4.85. The van der Waals surface area contributed by atoms with Crippen LogP contribution in [0, 0.1) is 19.7 Å². The summed E-state index contributed by atoms with van der Waals surface area (Å²) in [5.41, 5.74) is 8.20. The molecule has 2 rings (SSSR count). The van der Waals surface area contributed by atoms with E-state index in [1.54, 1.807) is 13.0 Å². The predicted octanol–water partition coefficient (Wildman–Crippen LogP) is 4.25. The summed E-state index contributed by atoms with van der Waals surface area (Å²) >= 11 is 0. The van der Waals surface area contributed by atoms with E-state index < -0.39 is 0 Å². The van der Waals surface area contributed by atoms with Crippen molar-refractivity contribution in [1.82, 2.24) is 0 Å². The molecule has 0 saturated carbocycles. The van der Waals surface area contributed by atoms with Gasteiger partial charge in [0.05, 0.1) is 0 Å². The number of ether oxygens (including phenoxy) is 1. The van der Waals surface area contributed by atoms with E-state index in [4.69, 9.17) is 10.5 Å². The zero-order valence-corrected chi connectivity index (χ0v) is 11.4. The van der Waals surface area contributed by atoms with Crippen LogP contribution in [0.1, 0.15) is 29.7 Å². The number of aryl methyl sites for hydroxylation is 2. The summed E-state index contributed by atoms with van der Waals surface area (Å²) in [7, 11) is 0. The van der Waals surface area contributed by atoms with Gasteiger partial charge in [0.2, 0.25) is 0 Å². The number of nitrogens with two attached hydrogens (primary N) is 1. The van der Waals surface area contributed by atoms with Gasteiger partial charge in [0.15, 0.2) is 0 Å². The molecule has 0 aliphatic heterocycles. The Balaban J connectivity index is 2.41. The number of hydrogen-bond donors (Lipinski definition) is 1. The molecule has 0 amide bonds. The fourth-order valence-electron chi connectivity index (χ4n) is 1.92. The first-order valence-corrected chi connectivity index (χ1v) is 6.27. The Hall–Kier alpha value is -1.87. The molecule has 0 aromatic heterocycles. The lowest BCUT2D eigenvalue weighted by molar-refractivity contribution is 0.468. The topological polar surface area (TPSA) is 35.2 Å². The van der Waals surface area contributed by atoms with E-state index in [9.17, 15) is 4.39 Å². The van der Waals surface area contributed by atoms with Crippen LogP contribution in [0.25, 0.3) is 0 Å². The Morgan fingerprint density at radius 3 is 2.53 bits per heavy atom. The summed E-state index contributed by atoms with van der Waals surface area (Å²) in [4.78, 5) is 0. The molecule has 0 aliphatic carbocycles. The number of hydrogen-bond acceptors (Lipinski definition) is 2. The average molecular weight is 259 g/mol. The molecule has 100 valence electrons. The van der Waals surface area contributed by atoms with Gasteiger partial charge in [-0.25, -0.2) is 4.39 Å². The first-order valence-electron chi connectivity index (χ1n) is 6.27. The van der Waals surface area contributed by atoms with E-state index in [0.29, 0.717) is 16.9 Å². The van der Waals surface area contributed by atoms with Crippen molar-refractivity contribution in [2.24, 2.45) is 5.73 Å². The smallest absolute Gasteiger partial charge is 0.132 e. The summed E-state index contributed by atoms with van der Waals surface area (Å²) in [5, 5.41) is 0. The maximum atomic E-state index is 13.6. The normalized spacial score (nSPS) is 12.3. The highest BCUT2D eigenvalue weighted by molar-refractivity contribution is 5.43. The van der Waals surface area contributed by atoms with Crippen molar-refractivity contribution < 1.29 is 9.13 Å². The molecule has 0 bridgehead atoms. The maximum absolute atomic E-state index is 13.6. The number of halogens is 1. The zero-order chi connectivity index (χ0) is 14.0. The van der Waals surface area contributed by atoms with Gasteiger partial charge in [0.1, 0.15) is 17.3 Å².